The van der Waals surface area contributed by atoms with Gasteiger partial charge in [-0.2, -0.15) is 0 Å². The molecular weight excluding hydrogens is 244 g/mol. The zero-order valence-corrected chi connectivity index (χ0v) is 10.1. The van der Waals surface area contributed by atoms with Crippen LogP contribution in [0.15, 0.2) is 12.3 Å². The van der Waals surface area contributed by atoms with E-state index in [4.69, 9.17) is 21.4 Å². The lowest BCUT2D eigenvalue weighted by Crippen LogP contribution is -2.49. The molecular formula is C11H15ClN2O3. The Morgan fingerprint density at radius 3 is 3.06 bits per heavy atom. The van der Waals surface area contributed by atoms with Gasteiger partial charge in [0.15, 0.2) is 0 Å². The number of rotatable bonds is 4. The number of carbonyl (C=O) groups excluding carboxylic acids is 1. The second-order valence-corrected chi connectivity index (χ2v) is 4.68. The lowest BCUT2D eigenvalue weighted by molar-refractivity contribution is 0.0846. The van der Waals surface area contributed by atoms with Crippen molar-refractivity contribution in [3.05, 3.63) is 23.0 Å². The monoisotopic (exact) mass is 258 g/mol. The molecule has 0 spiro atoms. The van der Waals surface area contributed by atoms with E-state index in [-0.39, 0.29) is 12.5 Å². The smallest absolute Gasteiger partial charge is 0.268 e. The van der Waals surface area contributed by atoms with Crippen LogP contribution in [0.2, 0.25) is 5.02 Å². The number of nitrogens with one attached hydrogen (secondary N) is 2. The van der Waals surface area contributed by atoms with E-state index in [1.165, 1.54) is 0 Å². The maximum Gasteiger partial charge on any atom is 0.268 e. The highest BCUT2D eigenvalue weighted by molar-refractivity contribution is 6.30. The number of aliphatic hydroxyl groups excluding tert-OH is 1. The molecule has 1 aliphatic heterocycles. The van der Waals surface area contributed by atoms with Crippen LogP contribution in [0.1, 0.15) is 23.3 Å². The highest BCUT2D eigenvalue weighted by atomic mass is 35.5. The summed E-state index contributed by atoms with van der Waals surface area (Å²) >= 11 is 5.74. The number of carbonyl (C=O) groups is 1. The number of hydrogen-bond donors (Lipinski definition) is 3. The summed E-state index contributed by atoms with van der Waals surface area (Å²) in [5.41, 5.74) is -0.0390. The largest absolute Gasteiger partial charge is 0.396 e. The first kappa shape index (κ1) is 12.4. The van der Waals surface area contributed by atoms with Gasteiger partial charge in [0.1, 0.15) is 5.69 Å². The van der Waals surface area contributed by atoms with Crippen LogP contribution in [-0.4, -0.2) is 41.4 Å². The fourth-order valence-electron chi connectivity index (χ4n) is 1.99. The van der Waals surface area contributed by atoms with Crippen molar-refractivity contribution in [1.82, 2.24) is 10.3 Å². The molecule has 5 nitrogen and oxygen atoms in total. The summed E-state index contributed by atoms with van der Waals surface area (Å²) in [4.78, 5) is 14.7. The van der Waals surface area contributed by atoms with Crippen molar-refractivity contribution in [2.24, 2.45) is 0 Å². The van der Waals surface area contributed by atoms with E-state index >= 15 is 0 Å². The number of halogens is 1. The van der Waals surface area contributed by atoms with Crippen LogP contribution in [0, 0.1) is 0 Å². The molecule has 0 saturated carbocycles. The number of hydrogen-bond acceptors (Lipinski definition) is 3. The van der Waals surface area contributed by atoms with Crippen molar-refractivity contribution in [1.29, 1.82) is 0 Å². The first-order valence-corrected chi connectivity index (χ1v) is 5.88. The molecule has 1 aromatic rings. The normalized spacial score (nSPS) is 23.9. The van der Waals surface area contributed by atoms with Gasteiger partial charge in [0.2, 0.25) is 0 Å². The van der Waals surface area contributed by atoms with E-state index in [2.05, 4.69) is 10.3 Å². The van der Waals surface area contributed by atoms with Gasteiger partial charge >= 0.3 is 0 Å². The molecule has 0 bridgehead atoms. The minimum absolute atomic E-state index is 0.0229. The Morgan fingerprint density at radius 2 is 2.53 bits per heavy atom. The van der Waals surface area contributed by atoms with Crippen molar-refractivity contribution in [3.63, 3.8) is 0 Å². The quantitative estimate of drug-likeness (QED) is 0.752. The summed E-state index contributed by atoms with van der Waals surface area (Å²) in [6, 6.07) is 1.57. The predicted molar refractivity (Wildman–Crippen MR) is 63.1 cm³/mol. The van der Waals surface area contributed by atoms with Crippen molar-refractivity contribution in [2.75, 3.05) is 19.8 Å². The van der Waals surface area contributed by atoms with Crippen molar-refractivity contribution < 1.29 is 14.6 Å². The first-order chi connectivity index (χ1) is 8.15. The predicted octanol–water partition coefficient (Wildman–Crippen LogP) is 0.939. The SMILES string of the molecule is O=C(NC1(CCO)CCOC1)c1cc(Cl)c[nH]1. The second-order valence-electron chi connectivity index (χ2n) is 4.24. The Morgan fingerprint density at radius 1 is 1.71 bits per heavy atom. The summed E-state index contributed by atoms with van der Waals surface area (Å²) < 4.78 is 5.29. The Kier molecular flexibility index (Phi) is 3.71. The Balaban J connectivity index is 2.05. The van der Waals surface area contributed by atoms with Gasteiger partial charge < -0.3 is 20.1 Å². The average Bonchev–Trinajstić information content (AvgIpc) is 2.88. The van der Waals surface area contributed by atoms with Crippen molar-refractivity contribution in [2.45, 2.75) is 18.4 Å². The number of aromatic amines is 1. The van der Waals surface area contributed by atoms with E-state index < -0.39 is 5.54 Å². The summed E-state index contributed by atoms with van der Waals surface area (Å²) in [6.07, 6.45) is 2.77. The van der Waals surface area contributed by atoms with Crippen LogP contribution in [-0.2, 0) is 4.74 Å². The summed E-state index contributed by atoms with van der Waals surface area (Å²) in [6.45, 7) is 1.06. The molecule has 1 unspecified atom stereocenters. The zero-order chi connectivity index (χ0) is 12.3. The summed E-state index contributed by atoms with van der Waals surface area (Å²) in [5, 5.41) is 12.4. The Hall–Kier alpha value is -1.04. The molecule has 3 N–H and O–H groups in total. The van der Waals surface area contributed by atoms with Crippen LogP contribution in [0.25, 0.3) is 0 Å². The van der Waals surface area contributed by atoms with Crippen molar-refractivity contribution in [3.8, 4) is 0 Å². The molecule has 1 aliphatic rings. The third-order valence-corrected chi connectivity index (χ3v) is 3.18. The van der Waals surface area contributed by atoms with E-state index in [0.717, 1.165) is 0 Å². The lowest BCUT2D eigenvalue weighted by Gasteiger charge is -2.27. The Bertz CT molecular complexity index is 399. The van der Waals surface area contributed by atoms with Gasteiger partial charge in [0, 0.05) is 19.4 Å². The van der Waals surface area contributed by atoms with Crippen LogP contribution in [0.5, 0.6) is 0 Å². The third kappa shape index (κ3) is 2.80. The molecule has 1 amide bonds. The summed E-state index contributed by atoms with van der Waals surface area (Å²) in [7, 11) is 0. The van der Waals surface area contributed by atoms with E-state index in [9.17, 15) is 4.79 Å². The van der Waals surface area contributed by atoms with E-state index in [0.29, 0.717) is 36.8 Å². The van der Waals surface area contributed by atoms with Gasteiger partial charge in [0.25, 0.3) is 5.91 Å². The minimum atomic E-state index is -0.455. The maximum atomic E-state index is 12.0. The molecule has 1 saturated heterocycles. The van der Waals surface area contributed by atoms with Gasteiger partial charge in [0.05, 0.1) is 17.2 Å². The molecule has 2 heterocycles. The number of ether oxygens (including phenoxy) is 1. The fraction of sp³-hybridized carbons (Fsp3) is 0.545. The van der Waals surface area contributed by atoms with E-state index in [1.54, 1.807) is 12.3 Å². The van der Waals surface area contributed by atoms with E-state index in [1.807, 2.05) is 0 Å². The second kappa shape index (κ2) is 5.08. The molecule has 94 valence electrons. The van der Waals surface area contributed by atoms with Gasteiger partial charge in [-0.1, -0.05) is 11.6 Å². The highest BCUT2D eigenvalue weighted by Crippen LogP contribution is 2.23. The molecule has 0 aliphatic carbocycles. The standard InChI is InChI=1S/C11H15ClN2O3/c12-8-5-9(13-6-8)10(16)14-11(1-3-15)2-4-17-7-11/h5-6,13,15H,1-4,7H2,(H,14,16). The van der Waals surface area contributed by atoms with Gasteiger partial charge in [-0.05, 0) is 18.9 Å². The molecule has 17 heavy (non-hydrogen) atoms. The molecule has 6 heteroatoms. The van der Waals surface area contributed by atoms with Crippen molar-refractivity contribution >= 4 is 17.5 Å². The van der Waals surface area contributed by atoms with Crippen LogP contribution in [0.4, 0.5) is 0 Å². The first-order valence-electron chi connectivity index (χ1n) is 5.50. The number of amides is 1. The van der Waals surface area contributed by atoms with Gasteiger partial charge in [-0.15, -0.1) is 0 Å². The number of aliphatic hydroxyl groups is 1. The fourth-order valence-corrected chi connectivity index (χ4v) is 2.15. The molecule has 1 atom stereocenters. The average molecular weight is 259 g/mol. The number of H-pyrrole nitrogens is 1. The lowest BCUT2D eigenvalue weighted by atomic mass is 9.94. The minimum Gasteiger partial charge on any atom is -0.396 e. The summed E-state index contributed by atoms with van der Waals surface area (Å²) in [5.74, 6) is -0.226. The van der Waals surface area contributed by atoms with Crippen LogP contribution in [0.3, 0.4) is 0 Å². The third-order valence-electron chi connectivity index (χ3n) is 2.96. The molecule has 0 aromatic carbocycles. The number of aromatic nitrogens is 1. The molecule has 0 radical (unpaired) electrons. The van der Waals surface area contributed by atoms with Crippen LogP contribution >= 0.6 is 11.6 Å². The topological polar surface area (TPSA) is 74.3 Å². The highest BCUT2D eigenvalue weighted by Gasteiger charge is 2.36. The zero-order valence-electron chi connectivity index (χ0n) is 9.33. The van der Waals surface area contributed by atoms with Gasteiger partial charge in [-0.25, -0.2) is 0 Å². The maximum absolute atomic E-state index is 12.0. The molecule has 2 rings (SSSR count). The Labute approximate surface area is 104 Å². The van der Waals surface area contributed by atoms with Crippen LogP contribution < -0.4 is 5.32 Å². The molecule has 1 fully saturated rings. The van der Waals surface area contributed by atoms with Gasteiger partial charge in [-0.3, -0.25) is 4.79 Å². The molecule has 1 aromatic heterocycles.